The monoisotopic (exact) mass is 918 g/mol. The summed E-state index contributed by atoms with van der Waals surface area (Å²) in [5, 5.41) is 21.3. The summed E-state index contributed by atoms with van der Waals surface area (Å²) in [7, 11) is 0. The van der Waals surface area contributed by atoms with E-state index in [0.717, 1.165) is 18.2 Å². The second-order valence-electron chi connectivity index (χ2n) is 12.9. The lowest BCUT2D eigenvalue weighted by molar-refractivity contribution is -0.144. The van der Waals surface area contributed by atoms with Crippen molar-refractivity contribution in [3.8, 4) is 68.7 Å². The minimum atomic E-state index is -5.31. The molecule has 0 saturated carbocycles. The number of hydrogen-bond acceptors (Lipinski definition) is 9. The van der Waals surface area contributed by atoms with Crippen LogP contribution in [0.4, 0.5) is 79.0 Å². The van der Waals surface area contributed by atoms with Crippen LogP contribution >= 0.6 is 0 Å². The van der Waals surface area contributed by atoms with E-state index in [1.165, 1.54) is 0 Å². The van der Waals surface area contributed by atoms with Crippen molar-refractivity contribution in [2.75, 3.05) is 0 Å². The van der Waals surface area contributed by atoms with Crippen molar-refractivity contribution in [3.63, 3.8) is 0 Å². The smallest absolute Gasteiger partial charge is 0.416 e. The zero-order valence-corrected chi connectivity index (χ0v) is 29.6. The van der Waals surface area contributed by atoms with Crippen LogP contribution in [0, 0.1) is 0 Å². The van der Waals surface area contributed by atoms with Gasteiger partial charge in [-0.15, -0.1) is 30.6 Å². The molecule has 0 bridgehead atoms. The van der Waals surface area contributed by atoms with Gasteiger partial charge in [-0.2, -0.15) is 79.0 Å². The summed E-state index contributed by atoms with van der Waals surface area (Å²) in [4.78, 5) is 0. The lowest BCUT2D eigenvalue weighted by Gasteiger charge is -2.12. The van der Waals surface area contributed by atoms with Crippen LogP contribution in [-0.2, 0) is 37.1 Å². The highest BCUT2D eigenvalue weighted by atomic mass is 19.4. The van der Waals surface area contributed by atoms with Gasteiger partial charge in [-0.1, -0.05) is 0 Å². The van der Waals surface area contributed by atoms with Crippen LogP contribution in [0.5, 0.6) is 0 Å². The van der Waals surface area contributed by atoms with Crippen LogP contribution in [0.2, 0.25) is 0 Å². The average molecular weight is 918 g/mol. The van der Waals surface area contributed by atoms with Gasteiger partial charge in [-0.05, 0) is 72.8 Å². The molecule has 7 aromatic rings. The molecule has 63 heavy (non-hydrogen) atoms. The molecule has 330 valence electrons. The molecule has 0 aliphatic rings. The van der Waals surface area contributed by atoms with Crippen molar-refractivity contribution < 1.29 is 92.3 Å². The number of rotatable bonds is 6. The molecule has 27 heteroatoms. The summed E-state index contributed by atoms with van der Waals surface area (Å²) in [6, 6.07) is 3.73. The first-order valence-corrected chi connectivity index (χ1v) is 16.5. The first-order valence-electron chi connectivity index (χ1n) is 16.5. The van der Waals surface area contributed by atoms with Gasteiger partial charge in [0.05, 0.1) is 33.4 Å². The largest absolute Gasteiger partial charge is 0.416 e. The predicted octanol–water partition coefficient (Wildman–Crippen LogP) is 13.0. The van der Waals surface area contributed by atoms with Crippen molar-refractivity contribution in [1.82, 2.24) is 30.6 Å². The Morgan fingerprint density at radius 1 is 0.222 bits per heavy atom. The highest BCUT2D eigenvalue weighted by molar-refractivity contribution is 5.75. The number of benzene rings is 4. The second-order valence-corrected chi connectivity index (χ2v) is 12.9. The van der Waals surface area contributed by atoms with Gasteiger partial charge >= 0.3 is 37.1 Å². The Morgan fingerprint density at radius 3 is 0.508 bits per heavy atom. The highest BCUT2D eigenvalue weighted by Gasteiger charge is 2.40. The molecule has 9 nitrogen and oxygen atoms in total. The van der Waals surface area contributed by atoms with Crippen LogP contribution < -0.4 is 0 Å². The van der Waals surface area contributed by atoms with E-state index < -0.39 is 139 Å². The van der Waals surface area contributed by atoms with Gasteiger partial charge < -0.3 is 13.3 Å². The fraction of sp³-hybridized carbons (Fsp3) is 0.167. The Bertz CT molecular complexity index is 2430. The molecule has 0 fully saturated rings. The standard InChI is InChI=1S/C36H12F18N6O3/c37-31(38,39)19-4-16(5-20(10-19)32(40,41)42)28-58-55-25(61-28)13-1-14(26-56-59-29(62-26)17-6-21(33(43,44)45)11-22(7-17)34(46,47)48)3-15(2-13)27-57-60-30(63-27)18-8-23(35(49,50)51)12-24(9-18)36(52,53)54/h1-12H. The maximum Gasteiger partial charge on any atom is 0.416 e. The first kappa shape index (κ1) is 44.1. The van der Waals surface area contributed by atoms with E-state index in [1.807, 2.05) is 0 Å². The van der Waals surface area contributed by atoms with E-state index in [1.54, 1.807) is 0 Å². The maximum atomic E-state index is 13.6. The molecule has 0 saturated heterocycles. The molecule has 0 aliphatic heterocycles. The van der Waals surface area contributed by atoms with Gasteiger partial charge in [0.25, 0.3) is 0 Å². The number of nitrogens with zero attached hydrogens (tertiary/aromatic N) is 6. The van der Waals surface area contributed by atoms with Gasteiger partial charge in [0.15, 0.2) is 0 Å². The molecule has 0 unspecified atom stereocenters. The molecule has 0 radical (unpaired) electrons. The van der Waals surface area contributed by atoms with Gasteiger partial charge in [0.2, 0.25) is 35.3 Å². The maximum absolute atomic E-state index is 13.6. The van der Waals surface area contributed by atoms with E-state index in [-0.39, 0.29) is 54.6 Å². The summed E-state index contributed by atoms with van der Waals surface area (Å²) < 4.78 is 260. The Labute approximate surface area is 335 Å². The van der Waals surface area contributed by atoms with Crippen molar-refractivity contribution in [2.24, 2.45) is 0 Å². The highest BCUT2D eigenvalue weighted by Crippen LogP contribution is 2.43. The molecule has 0 amide bonds. The Hall–Kier alpha value is -6.96. The van der Waals surface area contributed by atoms with Gasteiger partial charge in [-0.3, -0.25) is 0 Å². The van der Waals surface area contributed by atoms with E-state index in [9.17, 15) is 79.0 Å². The Balaban J connectivity index is 1.37. The average Bonchev–Trinajstić information content (AvgIpc) is 3.97. The fourth-order valence-electron chi connectivity index (χ4n) is 5.60. The van der Waals surface area contributed by atoms with E-state index >= 15 is 0 Å². The van der Waals surface area contributed by atoms with E-state index in [4.69, 9.17) is 13.3 Å². The summed E-state index contributed by atoms with van der Waals surface area (Å²) in [6.07, 6.45) is -31.8. The van der Waals surface area contributed by atoms with Gasteiger partial charge in [0, 0.05) is 33.4 Å². The van der Waals surface area contributed by atoms with Crippen molar-refractivity contribution in [3.05, 3.63) is 106 Å². The van der Waals surface area contributed by atoms with Crippen LogP contribution in [-0.4, -0.2) is 30.6 Å². The normalized spacial score (nSPS) is 13.2. The fourth-order valence-corrected chi connectivity index (χ4v) is 5.60. The molecular formula is C36H12F18N6O3. The third kappa shape index (κ3) is 9.44. The molecule has 7 rings (SSSR count). The van der Waals surface area contributed by atoms with Gasteiger partial charge in [-0.25, -0.2) is 0 Å². The zero-order chi connectivity index (χ0) is 46.2. The van der Waals surface area contributed by atoms with Crippen LogP contribution in [0.1, 0.15) is 33.4 Å². The first-order chi connectivity index (χ1) is 28.9. The SMILES string of the molecule is FC(F)(F)c1cc(-c2nnc(-c3cc(-c4nnc(-c5cc(C(F)(F)F)cc(C(F)(F)F)c5)o4)cc(-c4nnc(-c5cc(C(F)(F)F)cc(C(F)(F)F)c5)o4)c3)o2)cc(C(F)(F)F)c1. The minimum Gasteiger partial charge on any atom is -0.416 e. The second kappa shape index (κ2) is 14.8. The third-order valence-electron chi connectivity index (χ3n) is 8.45. The Morgan fingerprint density at radius 2 is 0.365 bits per heavy atom. The molecule has 4 aromatic carbocycles. The number of halogens is 18. The molecule has 0 spiro atoms. The van der Waals surface area contributed by atoms with Crippen LogP contribution in [0.3, 0.4) is 0 Å². The molecule has 3 aromatic heterocycles. The molecule has 0 N–H and O–H groups in total. The van der Waals surface area contributed by atoms with Crippen LogP contribution in [0.25, 0.3) is 68.7 Å². The van der Waals surface area contributed by atoms with E-state index in [0.29, 0.717) is 0 Å². The molecule has 0 atom stereocenters. The number of aromatic nitrogens is 6. The molecule has 0 aliphatic carbocycles. The number of alkyl halides is 18. The summed E-state index contributed by atoms with van der Waals surface area (Å²) in [6.45, 7) is 0. The third-order valence-corrected chi connectivity index (χ3v) is 8.45. The van der Waals surface area contributed by atoms with Crippen molar-refractivity contribution in [2.45, 2.75) is 37.1 Å². The van der Waals surface area contributed by atoms with Crippen molar-refractivity contribution in [1.29, 1.82) is 0 Å². The summed E-state index contributed by atoms with van der Waals surface area (Å²) >= 11 is 0. The molecule has 3 heterocycles. The lowest BCUT2D eigenvalue weighted by Crippen LogP contribution is -2.11. The Kier molecular flexibility index (Phi) is 10.4. The number of hydrogen-bond donors (Lipinski definition) is 0. The lowest BCUT2D eigenvalue weighted by atomic mass is 10.0. The van der Waals surface area contributed by atoms with E-state index in [2.05, 4.69) is 30.6 Å². The van der Waals surface area contributed by atoms with Crippen LogP contribution in [0.15, 0.2) is 86.0 Å². The van der Waals surface area contributed by atoms with Crippen molar-refractivity contribution >= 4 is 0 Å². The minimum absolute atomic E-state index is 0.194. The summed E-state index contributed by atoms with van der Waals surface area (Å²) in [5.74, 6) is -5.03. The predicted molar refractivity (Wildman–Crippen MR) is 173 cm³/mol. The zero-order valence-electron chi connectivity index (χ0n) is 29.6. The molecular weight excluding hydrogens is 906 g/mol. The summed E-state index contributed by atoms with van der Waals surface area (Å²) in [5.41, 5.74) is -14.5. The topological polar surface area (TPSA) is 117 Å². The quantitative estimate of drug-likeness (QED) is 0.150. The van der Waals surface area contributed by atoms with Gasteiger partial charge in [0.1, 0.15) is 0 Å².